The first-order valence-corrected chi connectivity index (χ1v) is 12.4. The molecule has 0 atom stereocenters. The molecule has 8 nitrogen and oxygen atoms in total. The first-order chi connectivity index (χ1) is 17.7. The van der Waals surface area contributed by atoms with Gasteiger partial charge in [0.15, 0.2) is 0 Å². The van der Waals surface area contributed by atoms with Crippen molar-refractivity contribution in [3.05, 3.63) is 47.4 Å². The molecule has 0 unspecified atom stereocenters. The molecule has 1 amide bonds. The molecule has 6 rings (SSSR count). The molecule has 2 aromatic heterocycles. The Bertz CT molecular complexity index is 1370. The van der Waals surface area contributed by atoms with Gasteiger partial charge in [0.05, 0.1) is 23.9 Å². The van der Waals surface area contributed by atoms with Gasteiger partial charge in [0, 0.05) is 62.4 Å². The molecule has 3 aromatic rings. The summed E-state index contributed by atoms with van der Waals surface area (Å²) in [4.78, 5) is 29.8. The molecule has 0 radical (unpaired) electrons. The molecular formula is C26H27F3N6O2. The average Bonchev–Trinajstić information content (AvgIpc) is 3.64. The lowest BCUT2D eigenvalue weighted by Gasteiger charge is -2.35. The third-order valence-electron chi connectivity index (χ3n) is 7.52. The Morgan fingerprint density at radius 3 is 2.62 bits per heavy atom. The second-order valence-corrected chi connectivity index (χ2v) is 10.2. The highest BCUT2D eigenvalue weighted by atomic mass is 19.4. The lowest BCUT2D eigenvalue weighted by molar-refractivity contribution is -0.139. The van der Waals surface area contributed by atoms with Crippen LogP contribution >= 0.6 is 0 Å². The van der Waals surface area contributed by atoms with Gasteiger partial charge in [-0.3, -0.25) is 4.79 Å². The van der Waals surface area contributed by atoms with Gasteiger partial charge in [-0.25, -0.2) is 15.0 Å². The molecule has 194 valence electrons. The maximum Gasteiger partial charge on any atom is 0.419 e. The third kappa shape index (κ3) is 4.62. The molecule has 2 aliphatic heterocycles. The van der Waals surface area contributed by atoms with Gasteiger partial charge in [0.2, 0.25) is 5.91 Å². The number of halogens is 3. The third-order valence-corrected chi connectivity index (χ3v) is 7.52. The van der Waals surface area contributed by atoms with Crippen LogP contribution in [0.5, 0.6) is 5.75 Å². The number of fused-ring (bicyclic) bond motifs is 5. The molecule has 1 saturated carbocycles. The van der Waals surface area contributed by atoms with Crippen LogP contribution in [0.1, 0.15) is 36.7 Å². The van der Waals surface area contributed by atoms with E-state index >= 15 is 0 Å². The fourth-order valence-electron chi connectivity index (χ4n) is 5.11. The van der Waals surface area contributed by atoms with E-state index in [1.807, 2.05) is 11.0 Å². The van der Waals surface area contributed by atoms with Crippen molar-refractivity contribution in [3.63, 3.8) is 0 Å². The SMILES string of the molecule is CC(=O)N1CCN(c2cc3c4nc(nc3cn2)CC2(CC2)COc2c(cccc2C(F)(F)F)CN4)CC1. The number of rotatable bonds is 1. The first-order valence-electron chi connectivity index (χ1n) is 12.4. The highest BCUT2D eigenvalue weighted by Crippen LogP contribution is 2.49. The second-order valence-electron chi connectivity index (χ2n) is 10.2. The van der Waals surface area contributed by atoms with E-state index in [-0.39, 0.29) is 30.2 Å². The van der Waals surface area contributed by atoms with Crippen molar-refractivity contribution in [2.75, 3.05) is 43.0 Å². The highest BCUT2D eigenvalue weighted by molar-refractivity contribution is 5.90. The van der Waals surface area contributed by atoms with Crippen molar-refractivity contribution in [2.45, 2.75) is 38.9 Å². The summed E-state index contributed by atoms with van der Waals surface area (Å²) in [5.41, 5.74) is 0.0738. The zero-order valence-electron chi connectivity index (χ0n) is 20.4. The monoisotopic (exact) mass is 512 g/mol. The minimum absolute atomic E-state index is 0.0577. The van der Waals surface area contributed by atoms with Gasteiger partial charge in [0.25, 0.3) is 0 Å². The summed E-state index contributed by atoms with van der Waals surface area (Å²) in [6.45, 7) is 4.44. The molecule has 1 aromatic carbocycles. The molecule has 3 aliphatic rings. The number of nitrogens with zero attached hydrogens (tertiary/aromatic N) is 5. The maximum atomic E-state index is 13.8. The lowest BCUT2D eigenvalue weighted by Crippen LogP contribution is -2.48. The number of hydrogen-bond acceptors (Lipinski definition) is 7. The molecular weight excluding hydrogens is 485 g/mol. The molecule has 2 bridgehead atoms. The molecule has 1 saturated heterocycles. The number of carbonyl (C=O) groups is 1. The summed E-state index contributed by atoms with van der Waals surface area (Å²) < 4.78 is 47.3. The molecule has 1 N–H and O–H groups in total. The van der Waals surface area contributed by atoms with E-state index in [0.29, 0.717) is 55.3 Å². The summed E-state index contributed by atoms with van der Waals surface area (Å²) in [6, 6.07) is 6.05. The molecule has 2 fully saturated rings. The lowest BCUT2D eigenvalue weighted by atomic mass is 10.0. The van der Waals surface area contributed by atoms with Crippen molar-refractivity contribution < 1.29 is 22.7 Å². The average molecular weight is 513 g/mol. The van der Waals surface area contributed by atoms with Crippen molar-refractivity contribution >= 4 is 28.4 Å². The first kappa shape index (κ1) is 23.7. The van der Waals surface area contributed by atoms with Crippen LogP contribution in [-0.2, 0) is 23.9 Å². The number of benzene rings is 1. The zero-order chi connectivity index (χ0) is 25.8. The number of ether oxygens (including phenoxy) is 1. The van der Waals surface area contributed by atoms with E-state index in [1.165, 1.54) is 6.07 Å². The summed E-state index contributed by atoms with van der Waals surface area (Å²) in [5.74, 6) is 1.88. The summed E-state index contributed by atoms with van der Waals surface area (Å²) in [5, 5.41) is 4.01. The van der Waals surface area contributed by atoms with E-state index in [1.54, 1.807) is 19.2 Å². The quantitative estimate of drug-likeness (QED) is 0.527. The summed E-state index contributed by atoms with van der Waals surface area (Å²) >= 11 is 0. The Hall–Kier alpha value is -3.63. The van der Waals surface area contributed by atoms with E-state index in [2.05, 4.69) is 15.2 Å². The van der Waals surface area contributed by atoms with Gasteiger partial charge < -0.3 is 19.9 Å². The fraction of sp³-hybridized carbons (Fsp3) is 0.462. The Morgan fingerprint density at radius 2 is 1.92 bits per heavy atom. The Balaban J connectivity index is 1.38. The van der Waals surface area contributed by atoms with Crippen molar-refractivity contribution in [1.82, 2.24) is 19.9 Å². The summed E-state index contributed by atoms with van der Waals surface area (Å²) in [7, 11) is 0. The topological polar surface area (TPSA) is 83.5 Å². The van der Waals surface area contributed by atoms with Crippen LogP contribution in [0.15, 0.2) is 30.5 Å². The Morgan fingerprint density at radius 1 is 1.14 bits per heavy atom. The van der Waals surface area contributed by atoms with Crippen LogP contribution in [0.2, 0.25) is 0 Å². The largest absolute Gasteiger partial charge is 0.492 e. The molecule has 37 heavy (non-hydrogen) atoms. The standard InChI is InChI=1S/C26H27F3N6O2/c1-16(36)34-7-9-35(10-8-34)22-11-18-20(14-30-22)32-21-12-25(5-6-25)15-37-23-17(13-31-24(18)33-21)3-2-4-19(23)26(27,28)29/h2-4,11,14H,5-10,12-13,15H2,1H3,(H,31,32,33). The van der Waals surface area contributed by atoms with Crippen molar-refractivity contribution in [2.24, 2.45) is 5.41 Å². The Kier molecular flexibility index (Phi) is 5.61. The number of anilines is 2. The van der Waals surface area contributed by atoms with Crippen LogP contribution in [0.4, 0.5) is 24.8 Å². The summed E-state index contributed by atoms with van der Waals surface area (Å²) in [6.07, 6.45) is -0.562. The minimum Gasteiger partial charge on any atom is -0.492 e. The number of alkyl halides is 3. The number of hydrogen-bond donors (Lipinski definition) is 1. The Labute approximate surface area is 211 Å². The van der Waals surface area contributed by atoms with Crippen LogP contribution in [-0.4, -0.2) is 58.5 Å². The number of nitrogens with one attached hydrogen (secondary N) is 1. The van der Waals surface area contributed by atoms with Crippen molar-refractivity contribution in [3.8, 4) is 5.75 Å². The van der Waals surface area contributed by atoms with Crippen LogP contribution in [0, 0.1) is 5.41 Å². The predicted molar refractivity (Wildman–Crippen MR) is 131 cm³/mol. The highest BCUT2D eigenvalue weighted by Gasteiger charge is 2.45. The van der Waals surface area contributed by atoms with E-state index in [4.69, 9.17) is 14.7 Å². The van der Waals surface area contributed by atoms with Crippen LogP contribution < -0.4 is 15.0 Å². The van der Waals surface area contributed by atoms with Gasteiger partial charge in [0.1, 0.15) is 23.2 Å². The second kappa shape index (κ2) is 8.74. The molecule has 11 heteroatoms. The van der Waals surface area contributed by atoms with Gasteiger partial charge in [-0.1, -0.05) is 12.1 Å². The number of para-hydroxylation sites is 1. The molecule has 1 spiro atoms. The zero-order valence-corrected chi connectivity index (χ0v) is 20.4. The van der Waals surface area contributed by atoms with Gasteiger partial charge in [-0.15, -0.1) is 0 Å². The maximum absolute atomic E-state index is 13.8. The van der Waals surface area contributed by atoms with E-state index in [9.17, 15) is 18.0 Å². The smallest absolute Gasteiger partial charge is 0.419 e. The van der Waals surface area contributed by atoms with E-state index in [0.717, 1.165) is 30.1 Å². The predicted octanol–water partition coefficient (Wildman–Crippen LogP) is 4.04. The normalized spacial score (nSPS) is 19.0. The van der Waals surface area contributed by atoms with Crippen molar-refractivity contribution in [1.29, 1.82) is 0 Å². The number of piperazine rings is 1. The van der Waals surface area contributed by atoms with Gasteiger partial charge >= 0.3 is 6.18 Å². The fourth-order valence-corrected chi connectivity index (χ4v) is 5.11. The van der Waals surface area contributed by atoms with Crippen LogP contribution in [0.3, 0.4) is 0 Å². The molecule has 4 heterocycles. The number of carbonyl (C=O) groups excluding carboxylic acids is 1. The molecule has 1 aliphatic carbocycles. The minimum atomic E-state index is -4.51. The number of amides is 1. The van der Waals surface area contributed by atoms with Crippen LogP contribution in [0.25, 0.3) is 10.9 Å². The number of aromatic nitrogens is 3. The number of pyridine rings is 1. The van der Waals surface area contributed by atoms with Gasteiger partial charge in [-0.2, -0.15) is 13.2 Å². The van der Waals surface area contributed by atoms with Gasteiger partial charge in [-0.05, 0) is 25.0 Å². The van der Waals surface area contributed by atoms with E-state index < -0.39 is 11.7 Å².